The van der Waals surface area contributed by atoms with Gasteiger partial charge in [-0.05, 0) is 26.7 Å². The Morgan fingerprint density at radius 1 is 1.67 bits per heavy atom. The van der Waals surface area contributed by atoms with Crippen LogP contribution in [0.15, 0.2) is 5.38 Å². The fraction of sp³-hybridized carbons (Fsp3) is 0.727. The van der Waals surface area contributed by atoms with Crippen molar-refractivity contribution in [2.45, 2.75) is 44.8 Å². The van der Waals surface area contributed by atoms with Gasteiger partial charge in [0.05, 0.1) is 10.6 Å². The predicted octanol–water partition coefficient (Wildman–Crippen LogP) is 1.50. The first-order valence-electron chi connectivity index (χ1n) is 5.42. The van der Waals surface area contributed by atoms with Gasteiger partial charge in [-0.1, -0.05) is 0 Å². The van der Waals surface area contributed by atoms with Gasteiger partial charge in [0.25, 0.3) is 0 Å². The van der Waals surface area contributed by atoms with E-state index in [1.807, 2.05) is 19.2 Å². The third-order valence-corrected chi connectivity index (χ3v) is 3.51. The second-order valence-corrected chi connectivity index (χ2v) is 5.65. The lowest BCUT2D eigenvalue weighted by atomic mass is 10.0. The molecule has 0 amide bonds. The van der Waals surface area contributed by atoms with Gasteiger partial charge in [-0.15, -0.1) is 11.3 Å². The first kappa shape index (κ1) is 11.0. The number of aryl methyl sites for hydroxylation is 1. The van der Waals surface area contributed by atoms with Crippen LogP contribution in [0.2, 0.25) is 0 Å². The Morgan fingerprint density at radius 3 is 2.93 bits per heavy atom. The molecule has 2 rings (SSSR count). The van der Waals surface area contributed by atoms with Crippen LogP contribution in [0.3, 0.4) is 0 Å². The molecule has 0 spiro atoms. The van der Waals surface area contributed by atoms with Gasteiger partial charge >= 0.3 is 0 Å². The lowest BCUT2D eigenvalue weighted by Crippen LogP contribution is -2.40. The van der Waals surface area contributed by atoms with Crippen molar-refractivity contribution in [3.05, 3.63) is 16.1 Å². The molecule has 15 heavy (non-hydrogen) atoms. The van der Waals surface area contributed by atoms with Crippen LogP contribution >= 0.6 is 11.3 Å². The molecule has 0 saturated heterocycles. The van der Waals surface area contributed by atoms with Gasteiger partial charge in [0.15, 0.2) is 0 Å². The van der Waals surface area contributed by atoms with Crippen LogP contribution < -0.4 is 5.32 Å². The average Bonchev–Trinajstić information content (AvgIpc) is 2.88. The maximum atomic E-state index is 10.2. The summed E-state index contributed by atoms with van der Waals surface area (Å²) in [7, 11) is 0. The van der Waals surface area contributed by atoms with Crippen molar-refractivity contribution in [2.24, 2.45) is 0 Å². The number of aromatic nitrogens is 1. The van der Waals surface area contributed by atoms with E-state index in [1.54, 1.807) is 11.3 Å². The van der Waals surface area contributed by atoms with Crippen molar-refractivity contribution in [3.8, 4) is 0 Å². The summed E-state index contributed by atoms with van der Waals surface area (Å²) in [6.45, 7) is 4.52. The number of hydrogen-bond donors (Lipinski definition) is 2. The van der Waals surface area contributed by atoms with Crippen LogP contribution in [-0.4, -0.2) is 28.3 Å². The molecule has 1 heterocycles. The SMILES string of the molecule is Cc1csc(CC(C)(O)CNC2CC2)n1. The average molecular weight is 226 g/mol. The molecule has 3 nitrogen and oxygen atoms in total. The van der Waals surface area contributed by atoms with E-state index in [4.69, 9.17) is 0 Å². The zero-order valence-electron chi connectivity index (χ0n) is 9.29. The van der Waals surface area contributed by atoms with Crippen LogP contribution in [0.4, 0.5) is 0 Å². The minimum atomic E-state index is -0.674. The summed E-state index contributed by atoms with van der Waals surface area (Å²) in [5, 5.41) is 16.6. The second kappa shape index (κ2) is 4.20. The Morgan fingerprint density at radius 2 is 2.40 bits per heavy atom. The van der Waals surface area contributed by atoms with E-state index in [9.17, 15) is 5.11 Å². The highest BCUT2D eigenvalue weighted by Crippen LogP contribution is 2.21. The van der Waals surface area contributed by atoms with Crippen molar-refractivity contribution in [3.63, 3.8) is 0 Å². The Balaban J connectivity index is 1.84. The quantitative estimate of drug-likeness (QED) is 0.799. The van der Waals surface area contributed by atoms with Crippen molar-refractivity contribution < 1.29 is 5.11 Å². The minimum absolute atomic E-state index is 0.644. The van der Waals surface area contributed by atoms with E-state index < -0.39 is 5.60 Å². The van der Waals surface area contributed by atoms with E-state index >= 15 is 0 Å². The zero-order valence-corrected chi connectivity index (χ0v) is 10.1. The smallest absolute Gasteiger partial charge is 0.0957 e. The summed E-state index contributed by atoms with van der Waals surface area (Å²) < 4.78 is 0. The highest BCUT2D eigenvalue weighted by molar-refractivity contribution is 7.09. The summed E-state index contributed by atoms with van der Waals surface area (Å²) in [4.78, 5) is 4.37. The first-order chi connectivity index (χ1) is 7.05. The summed E-state index contributed by atoms with van der Waals surface area (Å²) in [5.74, 6) is 0. The van der Waals surface area contributed by atoms with Gasteiger partial charge in [-0.25, -0.2) is 4.98 Å². The van der Waals surface area contributed by atoms with Crippen molar-refractivity contribution in [1.82, 2.24) is 10.3 Å². The maximum absolute atomic E-state index is 10.2. The fourth-order valence-corrected chi connectivity index (χ4v) is 2.47. The summed E-state index contributed by atoms with van der Waals surface area (Å²) >= 11 is 1.63. The van der Waals surface area contributed by atoms with E-state index in [1.165, 1.54) is 12.8 Å². The molecule has 1 aromatic rings. The van der Waals surface area contributed by atoms with Crippen LogP contribution in [0.1, 0.15) is 30.5 Å². The largest absolute Gasteiger partial charge is 0.388 e. The Hall–Kier alpha value is -0.450. The van der Waals surface area contributed by atoms with E-state index in [2.05, 4.69) is 10.3 Å². The molecular formula is C11H18N2OS. The fourth-order valence-electron chi connectivity index (χ4n) is 1.52. The molecule has 2 N–H and O–H groups in total. The van der Waals surface area contributed by atoms with Gasteiger partial charge in [0.2, 0.25) is 0 Å². The molecule has 84 valence electrons. The molecular weight excluding hydrogens is 208 g/mol. The van der Waals surface area contributed by atoms with Gasteiger partial charge in [0, 0.05) is 30.1 Å². The van der Waals surface area contributed by atoms with Crippen LogP contribution in [0, 0.1) is 6.92 Å². The lowest BCUT2D eigenvalue weighted by Gasteiger charge is -2.22. The number of hydrogen-bond acceptors (Lipinski definition) is 4. The Kier molecular flexibility index (Phi) is 3.09. The van der Waals surface area contributed by atoms with Gasteiger partial charge < -0.3 is 10.4 Å². The Labute approximate surface area is 94.5 Å². The molecule has 1 unspecified atom stereocenters. The molecule has 0 radical (unpaired) electrons. The number of aliphatic hydroxyl groups is 1. The molecule has 0 aromatic carbocycles. The van der Waals surface area contributed by atoms with Gasteiger partial charge in [-0.3, -0.25) is 0 Å². The molecule has 1 saturated carbocycles. The minimum Gasteiger partial charge on any atom is -0.388 e. The van der Waals surface area contributed by atoms with Crippen molar-refractivity contribution in [1.29, 1.82) is 0 Å². The predicted molar refractivity (Wildman–Crippen MR) is 62.2 cm³/mol. The molecule has 4 heteroatoms. The summed E-state index contributed by atoms with van der Waals surface area (Å²) in [6, 6.07) is 0.648. The maximum Gasteiger partial charge on any atom is 0.0957 e. The second-order valence-electron chi connectivity index (χ2n) is 4.71. The molecule has 0 bridgehead atoms. The summed E-state index contributed by atoms with van der Waals surface area (Å²) in [5.41, 5.74) is 0.369. The number of thiazole rings is 1. The van der Waals surface area contributed by atoms with Crippen LogP contribution in [0.5, 0.6) is 0 Å². The molecule has 1 fully saturated rings. The van der Waals surface area contributed by atoms with Crippen LogP contribution in [-0.2, 0) is 6.42 Å². The van der Waals surface area contributed by atoms with Crippen LogP contribution in [0.25, 0.3) is 0 Å². The standard InChI is InChI=1S/C11H18N2OS/c1-8-6-15-10(13-8)5-11(2,14)7-12-9-3-4-9/h6,9,12,14H,3-5,7H2,1-2H3. The Bertz CT molecular complexity index is 331. The molecule has 0 aliphatic heterocycles. The van der Waals surface area contributed by atoms with Crippen molar-refractivity contribution >= 4 is 11.3 Å². The third kappa shape index (κ3) is 3.55. The molecule has 1 aromatic heterocycles. The molecule has 1 aliphatic carbocycles. The molecule has 1 aliphatic rings. The molecule has 1 atom stereocenters. The normalized spacial score (nSPS) is 20.2. The van der Waals surface area contributed by atoms with Gasteiger partial charge in [0.1, 0.15) is 0 Å². The van der Waals surface area contributed by atoms with E-state index in [0.29, 0.717) is 19.0 Å². The van der Waals surface area contributed by atoms with Gasteiger partial charge in [-0.2, -0.15) is 0 Å². The lowest BCUT2D eigenvalue weighted by molar-refractivity contribution is 0.0597. The zero-order chi connectivity index (χ0) is 10.9. The van der Waals surface area contributed by atoms with E-state index in [-0.39, 0.29) is 0 Å². The number of rotatable bonds is 5. The monoisotopic (exact) mass is 226 g/mol. The summed E-state index contributed by atoms with van der Waals surface area (Å²) in [6.07, 6.45) is 3.16. The first-order valence-corrected chi connectivity index (χ1v) is 6.30. The highest BCUT2D eigenvalue weighted by Gasteiger charge is 2.27. The number of nitrogens with one attached hydrogen (secondary N) is 1. The third-order valence-electron chi connectivity index (χ3n) is 2.55. The number of nitrogens with zero attached hydrogens (tertiary/aromatic N) is 1. The topological polar surface area (TPSA) is 45.1 Å². The van der Waals surface area contributed by atoms with Crippen molar-refractivity contribution in [2.75, 3.05) is 6.54 Å². The van der Waals surface area contributed by atoms with E-state index in [0.717, 1.165) is 10.7 Å². The highest BCUT2D eigenvalue weighted by atomic mass is 32.1.